The monoisotopic (exact) mass is 260 g/mol. The van der Waals surface area contributed by atoms with E-state index in [4.69, 9.17) is 4.74 Å². The Morgan fingerprint density at radius 2 is 1.84 bits per heavy atom. The van der Waals surface area contributed by atoms with Crippen molar-refractivity contribution in [1.29, 1.82) is 0 Å². The fourth-order valence-corrected chi connectivity index (χ4v) is 2.47. The normalized spacial score (nSPS) is 22.8. The topological polar surface area (TPSA) is 43.4 Å². The highest BCUT2D eigenvalue weighted by molar-refractivity contribution is 5.90. The predicted molar refractivity (Wildman–Crippen MR) is 73.2 cm³/mol. The number of aldehydes is 1. The quantitative estimate of drug-likeness (QED) is 0.615. The van der Waals surface area contributed by atoms with E-state index in [0.29, 0.717) is 23.7 Å². The Kier molecular flexibility index (Phi) is 4.72. The molecular weight excluding hydrogens is 240 g/mol. The summed E-state index contributed by atoms with van der Waals surface area (Å²) in [7, 11) is 0. The third-order valence-electron chi connectivity index (χ3n) is 3.87. The van der Waals surface area contributed by atoms with Crippen molar-refractivity contribution in [3.63, 3.8) is 0 Å². The molecule has 0 unspecified atom stereocenters. The zero-order valence-corrected chi connectivity index (χ0v) is 11.3. The minimum absolute atomic E-state index is 0.295. The Hall–Kier alpha value is -1.64. The number of rotatable bonds is 4. The Balaban J connectivity index is 1.81. The minimum Gasteiger partial charge on any atom is -0.462 e. The van der Waals surface area contributed by atoms with Crippen molar-refractivity contribution in [1.82, 2.24) is 0 Å². The van der Waals surface area contributed by atoms with Crippen molar-refractivity contribution < 1.29 is 14.3 Å². The van der Waals surface area contributed by atoms with E-state index >= 15 is 0 Å². The van der Waals surface area contributed by atoms with E-state index in [0.717, 1.165) is 25.0 Å². The maximum atomic E-state index is 11.8. The van der Waals surface area contributed by atoms with E-state index in [1.54, 1.807) is 24.3 Å². The van der Waals surface area contributed by atoms with Gasteiger partial charge in [-0.25, -0.2) is 4.79 Å². The Bertz CT molecular complexity index is 428. The Morgan fingerprint density at radius 3 is 2.42 bits per heavy atom. The van der Waals surface area contributed by atoms with Gasteiger partial charge in [0.1, 0.15) is 6.29 Å². The third-order valence-corrected chi connectivity index (χ3v) is 3.87. The summed E-state index contributed by atoms with van der Waals surface area (Å²) in [5, 5.41) is 0. The first-order valence-corrected chi connectivity index (χ1v) is 6.91. The van der Waals surface area contributed by atoms with Crippen LogP contribution < -0.4 is 0 Å². The molecule has 0 heterocycles. The van der Waals surface area contributed by atoms with Crippen LogP contribution in [0.25, 0.3) is 0 Å². The molecular formula is C16H20O3. The van der Waals surface area contributed by atoms with Crippen LogP contribution in [0.2, 0.25) is 0 Å². The van der Waals surface area contributed by atoms with Crippen LogP contribution in [-0.4, -0.2) is 18.9 Å². The van der Waals surface area contributed by atoms with E-state index in [2.05, 4.69) is 6.92 Å². The summed E-state index contributed by atoms with van der Waals surface area (Å²) in [6.07, 6.45) is 5.53. The second-order valence-electron chi connectivity index (χ2n) is 5.46. The van der Waals surface area contributed by atoms with Gasteiger partial charge in [0.25, 0.3) is 0 Å². The Labute approximate surface area is 114 Å². The SMILES string of the molecule is CC1CCC(COC(=O)c2ccc(C=O)cc2)CC1. The fraction of sp³-hybridized carbons (Fsp3) is 0.500. The van der Waals surface area contributed by atoms with Gasteiger partial charge in [-0.3, -0.25) is 4.79 Å². The lowest BCUT2D eigenvalue weighted by molar-refractivity contribution is 0.0398. The maximum Gasteiger partial charge on any atom is 0.338 e. The molecule has 0 atom stereocenters. The third kappa shape index (κ3) is 3.91. The van der Waals surface area contributed by atoms with Gasteiger partial charge in [0, 0.05) is 5.56 Å². The highest BCUT2D eigenvalue weighted by Gasteiger charge is 2.19. The van der Waals surface area contributed by atoms with Crippen LogP contribution in [-0.2, 0) is 4.74 Å². The molecule has 0 saturated heterocycles. The number of hydrogen-bond donors (Lipinski definition) is 0. The lowest BCUT2D eigenvalue weighted by Gasteiger charge is -2.25. The van der Waals surface area contributed by atoms with Gasteiger partial charge in [-0.05, 0) is 36.8 Å². The van der Waals surface area contributed by atoms with Gasteiger partial charge in [0.15, 0.2) is 0 Å². The first-order valence-electron chi connectivity index (χ1n) is 6.91. The van der Waals surface area contributed by atoms with Crippen molar-refractivity contribution in [3.8, 4) is 0 Å². The Morgan fingerprint density at radius 1 is 1.21 bits per heavy atom. The van der Waals surface area contributed by atoms with Crippen molar-refractivity contribution in [2.75, 3.05) is 6.61 Å². The molecule has 0 aromatic heterocycles. The van der Waals surface area contributed by atoms with Crippen LogP contribution >= 0.6 is 0 Å². The van der Waals surface area contributed by atoms with E-state index in [1.807, 2.05) is 0 Å². The number of benzene rings is 1. The summed E-state index contributed by atoms with van der Waals surface area (Å²) in [5.74, 6) is 1.02. The highest BCUT2D eigenvalue weighted by Crippen LogP contribution is 2.28. The molecule has 1 aromatic carbocycles. The van der Waals surface area contributed by atoms with Crippen LogP contribution in [0.3, 0.4) is 0 Å². The lowest BCUT2D eigenvalue weighted by Crippen LogP contribution is -2.19. The molecule has 0 aliphatic heterocycles. The fourth-order valence-electron chi connectivity index (χ4n) is 2.47. The number of esters is 1. The number of ether oxygens (including phenoxy) is 1. The van der Waals surface area contributed by atoms with Crippen LogP contribution in [0.5, 0.6) is 0 Å². The summed E-state index contributed by atoms with van der Waals surface area (Å²) in [6.45, 7) is 2.79. The van der Waals surface area contributed by atoms with Gasteiger partial charge in [-0.2, -0.15) is 0 Å². The molecule has 1 aliphatic rings. The van der Waals surface area contributed by atoms with Crippen LogP contribution in [0.1, 0.15) is 53.3 Å². The molecule has 19 heavy (non-hydrogen) atoms. The van der Waals surface area contributed by atoms with Gasteiger partial charge in [-0.15, -0.1) is 0 Å². The number of hydrogen-bond acceptors (Lipinski definition) is 3. The standard InChI is InChI=1S/C16H20O3/c1-12-2-4-14(5-3-12)11-19-16(18)15-8-6-13(10-17)7-9-15/h6-10,12,14H,2-5,11H2,1H3. The summed E-state index contributed by atoms with van der Waals surface area (Å²) in [4.78, 5) is 22.4. The van der Waals surface area contributed by atoms with Gasteiger partial charge in [0.2, 0.25) is 0 Å². The van der Waals surface area contributed by atoms with Crippen molar-refractivity contribution >= 4 is 12.3 Å². The van der Waals surface area contributed by atoms with Crippen LogP contribution in [0.4, 0.5) is 0 Å². The summed E-state index contributed by atoms with van der Waals surface area (Å²) < 4.78 is 5.35. The minimum atomic E-state index is -0.295. The van der Waals surface area contributed by atoms with Crippen molar-refractivity contribution in [2.24, 2.45) is 11.8 Å². The summed E-state index contributed by atoms with van der Waals surface area (Å²) in [6, 6.07) is 6.53. The second kappa shape index (κ2) is 6.50. The molecule has 0 N–H and O–H groups in total. The molecule has 3 heteroatoms. The number of carbonyl (C=O) groups excluding carboxylic acids is 2. The highest BCUT2D eigenvalue weighted by atomic mass is 16.5. The molecule has 1 saturated carbocycles. The van der Waals surface area contributed by atoms with Gasteiger partial charge in [-0.1, -0.05) is 31.9 Å². The molecule has 1 fully saturated rings. The zero-order chi connectivity index (χ0) is 13.7. The molecule has 2 rings (SSSR count). The first-order chi connectivity index (χ1) is 9.19. The smallest absolute Gasteiger partial charge is 0.338 e. The van der Waals surface area contributed by atoms with E-state index < -0.39 is 0 Å². The van der Waals surface area contributed by atoms with Crippen molar-refractivity contribution in [3.05, 3.63) is 35.4 Å². The van der Waals surface area contributed by atoms with Gasteiger partial charge in [0.05, 0.1) is 12.2 Å². The lowest BCUT2D eigenvalue weighted by atomic mass is 9.83. The maximum absolute atomic E-state index is 11.8. The van der Waals surface area contributed by atoms with E-state index in [-0.39, 0.29) is 5.97 Å². The molecule has 0 spiro atoms. The second-order valence-corrected chi connectivity index (χ2v) is 5.46. The average molecular weight is 260 g/mol. The van der Waals surface area contributed by atoms with Crippen LogP contribution in [0.15, 0.2) is 24.3 Å². The molecule has 0 amide bonds. The molecule has 1 aliphatic carbocycles. The summed E-state index contributed by atoms with van der Waals surface area (Å²) >= 11 is 0. The van der Waals surface area contributed by atoms with Crippen molar-refractivity contribution in [2.45, 2.75) is 32.6 Å². The average Bonchev–Trinajstić information content (AvgIpc) is 2.46. The predicted octanol–water partition coefficient (Wildman–Crippen LogP) is 3.48. The first kappa shape index (κ1) is 13.8. The largest absolute Gasteiger partial charge is 0.462 e. The zero-order valence-electron chi connectivity index (χ0n) is 11.3. The van der Waals surface area contributed by atoms with E-state index in [1.165, 1.54) is 12.8 Å². The number of carbonyl (C=O) groups is 2. The van der Waals surface area contributed by atoms with Gasteiger partial charge >= 0.3 is 5.97 Å². The summed E-state index contributed by atoms with van der Waals surface area (Å²) in [5.41, 5.74) is 1.08. The van der Waals surface area contributed by atoms with E-state index in [9.17, 15) is 9.59 Å². The molecule has 3 nitrogen and oxygen atoms in total. The van der Waals surface area contributed by atoms with Gasteiger partial charge < -0.3 is 4.74 Å². The van der Waals surface area contributed by atoms with Crippen LogP contribution in [0, 0.1) is 11.8 Å². The molecule has 102 valence electrons. The molecule has 1 aromatic rings. The molecule has 0 radical (unpaired) electrons. The molecule has 0 bridgehead atoms.